The highest BCUT2D eigenvalue weighted by Crippen LogP contribution is 2.33. The number of hydrogen-bond acceptors (Lipinski definition) is 5. The number of hydrogen-bond donors (Lipinski definition) is 1. The summed E-state index contributed by atoms with van der Waals surface area (Å²) in [7, 11) is -0.270. The van der Waals surface area contributed by atoms with Crippen LogP contribution in [0.15, 0.2) is 0 Å². The topological polar surface area (TPSA) is 84.9 Å². The van der Waals surface area contributed by atoms with E-state index in [0.29, 0.717) is 31.6 Å². The first-order chi connectivity index (χ1) is 15.4. The average Bonchev–Trinajstić information content (AvgIpc) is 2.83. The minimum Gasteiger partial charge on any atom is -0.381 e. The van der Waals surface area contributed by atoms with Gasteiger partial charge in [-0.15, -0.1) is 0 Å². The number of nitrogens with one attached hydrogen (secondary N) is 1. The second-order valence-electron chi connectivity index (χ2n) is 9.99. The Kier molecular flexibility index (Phi) is 9.83. The maximum absolute atomic E-state index is 13.8. The minimum atomic E-state index is -3.59. The molecule has 5 unspecified atom stereocenters. The molecule has 186 valence electrons. The van der Waals surface area contributed by atoms with E-state index in [2.05, 4.69) is 12.2 Å². The molecule has 5 atom stereocenters. The minimum absolute atomic E-state index is 0.0665. The lowest BCUT2D eigenvalue weighted by Gasteiger charge is -2.42. The summed E-state index contributed by atoms with van der Waals surface area (Å²) in [6.45, 7) is 2.07. The third-order valence-corrected chi connectivity index (χ3v) is 10.5. The summed E-state index contributed by atoms with van der Waals surface area (Å²) in [5, 5.41) is 2.82. The first kappa shape index (κ1) is 25.9. The number of rotatable bonds is 9. The van der Waals surface area contributed by atoms with E-state index in [4.69, 9.17) is 9.47 Å². The molecule has 3 aliphatic rings. The quantitative estimate of drug-likeness (QED) is 0.554. The summed E-state index contributed by atoms with van der Waals surface area (Å²) in [6, 6.07) is -0.166. The zero-order valence-electron chi connectivity index (χ0n) is 20.3. The van der Waals surface area contributed by atoms with Gasteiger partial charge in [-0.25, -0.2) is 8.42 Å². The fourth-order valence-electron chi connectivity index (χ4n) is 6.10. The van der Waals surface area contributed by atoms with Crippen molar-refractivity contribution < 1.29 is 22.7 Å². The number of carbonyl (C=O) groups is 1. The molecule has 0 aromatic rings. The van der Waals surface area contributed by atoms with E-state index < -0.39 is 10.0 Å². The molecular weight excluding hydrogens is 428 g/mol. The number of sulfonamides is 1. The van der Waals surface area contributed by atoms with Gasteiger partial charge >= 0.3 is 0 Å². The second-order valence-corrected chi connectivity index (χ2v) is 12.2. The first-order valence-electron chi connectivity index (χ1n) is 12.8. The predicted molar refractivity (Wildman–Crippen MR) is 126 cm³/mol. The largest absolute Gasteiger partial charge is 0.381 e. The third-order valence-electron chi connectivity index (χ3n) is 8.09. The van der Waals surface area contributed by atoms with Crippen LogP contribution >= 0.6 is 0 Å². The van der Waals surface area contributed by atoms with Crippen molar-refractivity contribution in [2.24, 2.45) is 5.92 Å². The normalized spacial score (nSPS) is 32.7. The molecule has 32 heavy (non-hydrogen) atoms. The van der Waals surface area contributed by atoms with Crippen molar-refractivity contribution in [3.8, 4) is 0 Å². The zero-order chi connectivity index (χ0) is 23.1. The molecule has 0 radical (unpaired) electrons. The van der Waals surface area contributed by atoms with Crippen LogP contribution in [0.25, 0.3) is 0 Å². The molecule has 8 heteroatoms. The van der Waals surface area contributed by atoms with Crippen molar-refractivity contribution in [3.63, 3.8) is 0 Å². The highest BCUT2D eigenvalue weighted by molar-refractivity contribution is 7.89. The molecule has 0 heterocycles. The molecule has 3 aliphatic carbocycles. The van der Waals surface area contributed by atoms with E-state index in [9.17, 15) is 13.2 Å². The maximum Gasteiger partial charge on any atom is 0.235 e. The fraction of sp³-hybridized carbons (Fsp3) is 0.958. The summed E-state index contributed by atoms with van der Waals surface area (Å²) in [4.78, 5) is 13.2. The summed E-state index contributed by atoms with van der Waals surface area (Å²) in [5.74, 6) is 0.318. The number of carbonyl (C=O) groups excluding carboxylic acids is 1. The number of nitrogens with zero attached hydrogens (tertiary/aromatic N) is 1. The van der Waals surface area contributed by atoms with Crippen LogP contribution in [0.2, 0.25) is 0 Å². The molecule has 1 amide bonds. The van der Waals surface area contributed by atoms with Gasteiger partial charge in [-0.05, 0) is 44.4 Å². The van der Waals surface area contributed by atoms with Gasteiger partial charge in [-0.3, -0.25) is 4.79 Å². The van der Waals surface area contributed by atoms with Gasteiger partial charge in [0.1, 0.15) is 0 Å². The van der Waals surface area contributed by atoms with Crippen LogP contribution in [0.4, 0.5) is 0 Å². The highest BCUT2D eigenvalue weighted by atomic mass is 32.2. The van der Waals surface area contributed by atoms with Crippen molar-refractivity contribution in [3.05, 3.63) is 0 Å². The van der Waals surface area contributed by atoms with Crippen LogP contribution in [0.3, 0.4) is 0 Å². The standard InChI is InChI=1S/C24H44N2O5S/c1-4-18-10-8-9-13-21(18)25-24(27)17-26(32(28,29)20-11-6-5-7-12-20)22-15-14-19(30-2)16-23(22)31-3/h18-23H,4-17H2,1-3H3,(H,25,27). The Hall–Kier alpha value is -0.700. The zero-order valence-corrected chi connectivity index (χ0v) is 21.1. The summed E-state index contributed by atoms with van der Waals surface area (Å²) < 4.78 is 40.4. The van der Waals surface area contributed by atoms with E-state index in [-0.39, 0.29) is 42.0 Å². The summed E-state index contributed by atoms with van der Waals surface area (Å²) in [5.41, 5.74) is 0. The van der Waals surface area contributed by atoms with Crippen molar-refractivity contribution in [2.45, 2.75) is 120 Å². The number of ether oxygens (including phenoxy) is 2. The van der Waals surface area contributed by atoms with Gasteiger partial charge in [0.05, 0.1) is 30.0 Å². The number of methoxy groups -OCH3 is 2. The van der Waals surface area contributed by atoms with Crippen molar-refractivity contribution in [2.75, 3.05) is 20.8 Å². The molecule has 0 spiro atoms. The summed E-state index contributed by atoms with van der Waals surface area (Å²) >= 11 is 0. The third kappa shape index (κ3) is 6.24. The van der Waals surface area contributed by atoms with Crippen LogP contribution in [-0.2, 0) is 24.3 Å². The molecule has 3 saturated carbocycles. The summed E-state index contributed by atoms with van der Waals surface area (Å²) in [6.07, 6.45) is 11.7. The Morgan fingerprint density at radius 3 is 2.28 bits per heavy atom. The Labute approximate surface area is 195 Å². The molecule has 0 saturated heterocycles. The molecule has 0 aromatic heterocycles. The van der Waals surface area contributed by atoms with Gasteiger partial charge in [0, 0.05) is 26.7 Å². The van der Waals surface area contributed by atoms with Gasteiger partial charge in [-0.2, -0.15) is 4.31 Å². The molecule has 0 aromatic carbocycles. The number of amides is 1. The van der Waals surface area contributed by atoms with Gasteiger partial charge < -0.3 is 14.8 Å². The van der Waals surface area contributed by atoms with Crippen LogP contribution in [0.5, 0.6) is 0 Å². The molecular formula is C24H44N2O5S. The molecule has 0 bridgehead atoms. The van der Waals surface area contributed by atoms with Crippen molar-refractivity contribution >= 4 is 15.9 Å². The smallest absolute Gasteiger partial charge is 0.235 e. The van der Waals surface area contributed by atoms with Crippen LogP contribution in [-0.4, -0.2) is 68.9 Å². The van der Waals surface area contributed by atoms with Crippen LogP contribution in [0, 0.1) is 5.92 Å². The lowest BCUT2D eigenvalue weighted by Crippen LogP contribution is -2.57. The maximum atomic E-state index is 13.8. The van der Waals surface area contributed by atoms with Crippen LogP contribution in [0.1, 0.15) is 90.4 Å². The lowest BCUT2D eigenvalue weighted by molar-refractivity contribution is -0.124. The van der Waals surface area contributed by atoms with E-state index in [0.717, 1.165) is 51.4 Å². The van der Waals surface area contributed by atoms with Gasteiger partial charge in [-0.1, -0.05) is 45.4 Å². The Morgan fingerprint density at radius 2 is 1.62 bits per heavy atom. The monoisotopic (exact) mass is 472 g/mol. The molecule has 0 aliphatic heterocycles. The second kappa shape index (κ2) is 12.1. The van der Waals surface area contributed by atoms with Gasteiger partial charge in [0.25, 0.3) is 0 Å². The van der Waals surface area contributed by atoms with E-state index in [1.165, 1.54) is 10.7 Å². The molecule has 7 nitrogen and oxygen atoms in total. The van der Waals surface area contributed by atoms with Crippen molar-refractivity contribution in [1.82, 2.24) is 9.62 Å². The molecule has 1 N–H and O–H groups in total. The Balaban J connectivity index is 1.79. The van der Waals surface area contributed by atoms with Gasteiger partial charge in [0.15, 0.2) is 0 Å². The van der Waals surface area contributed by atoms with E-state index in [1.54, 1.807) is 14.2 Å². The molecule has 3 fully saturated rings. The molecule has 3 rings (SSSR count). The fourth-order valence-corrected chi connectivity index (χ4v) is 8.33. The van der Waals surface area contributed by atoms with E-state index >= 15 is 0 Å². The van der Waals surface area contributed by atoms with E-state index in [1.807, 2.05) is 0 Å². The average molecular weight is 473 g/mol. The van der Waals surface area contributed by atoms with Crippen molar-refractivity contribution in [1.29, 1.82) is 0 Å². The highest BCUT2D eigenvalue weighted by Gasteiger charge is 2.44. The van der Waals surface area contributed by atoms with Crippen LogP contribution < -0.4 is 5.32 Å². The Morgan fingerprint density at radius 1 is 0.938 bits per heavy atom. The first-order valence-corrected chi connectivity index (χ1v) is 14.3. The Bertz CT molecular complexity index is 695. The predicted octanol–water partition coefficient (Wildman–Crippen LogP) is 3.62. The van der Waals surface area contributed by atoms with Gasteiger partial charge in [0.2, 0.25) is 15.9 Å². The SMILES string of the molecule is CCC1CCCCC1NC(=O)CN(C1CCC(OC)CC1OC)S(=O)(=O)C1CCCCC1. The lowest BCUT2D eigenvalue weighted by atomic mass is 9.83.